The monoisotopic (exact) mass is 439 g/mol. The maximum atomic E-state index is 13.6. The molecule has 1 spiro atoms. The molecule has 0 radical (unpaired) electrons. The fourth-order valence-electron chi connectivity index (χ4n) is 5.77. The van der Waals surface area contributed by atoms with Crippen molar-refractivity contribution < 1.29 is 18.3 Å². The highest BCUT2D eigenvalue weighted by molar-refractivity contribution is 6.30. The molecule has 30 heavy (non-hydrogen) atoms. The maximum absolute atomic E-state index is 13.6. The number of hydrogen-bond acceptors (Lipinski definition) is 4. The number of ether oxygens (including phenoxy) is 1. The first-order valence-corrected chi connectivity index (χ1v) is 11.2. The SMILES string of the molecule is O=C(c1ccc(Cl)cc1)N1C[C@@H]2COCCN2C2(C1)CN(C1CCC(F)(F)CC1)C2. The summed E-state index contributed by atoms with van der Waals surface area (Å²) < 4.78 is 32.9. The third-order valence-electron chi connectivity index (χ3n) is 7.33. The summed E-state index contributed by atoms with van der Waals surface area (Å²) in [7, 11) is 0. The quantitative estimate of drug-likeness (QED) is 0.709. The van der Waals surface area contributed by atoms with Crippen molar-refractivity contribution >= 4 is 17.5 Å². The predicted octanol–water partition coefficient (Wildman–Crippen LogP) is 3.13. The average Bonchev–Trinajstić information content (AvgIpc) is 2.71. The van der Waals surface area contributed by atoms with Crippen LogP contribution >= 0.6 is 11.6 Å². The fourth-order valence-corrected chi connectivity index (χ4v) is 5.89. The van der Waals surface area contributed by atoms with Crippen molar-refractivity contribution in [2.24, 2.45) is 0 Å². The summed E-state index contributed by atoms with van der Waals surface area (Å²) in [6, 6.07) is 7.45. The lowest BCUT2D eigenvalue weighted by molar-refractivity contribution is -0.173. The first-order chi connectivity index (χ1) is 14.4. The van der Waals surface area contributed by atoms with Crippen LogP contribution in [0, 0.1) is 0 Å². The van der Waals surface area contributed by atoms with E-state index in [1.807, 2.05) is 4.90 Å². The summed E-state index contributed by atoms with van der Waals surface area (Å²) in [6.45, 7) is 5.20. The molecule has 5 nitrogen and oxygen atoms in total. The summed E-state index contributed by atoms with van der Waals surface area (Å²) in [4.78, 5) is 20.0. The average molecular weight is 440 g/mol. The van der Waals surface area contributed by atoms with E-state index in [9.17, 15) is 13.6 Å². The molecule has 1 saturated carbocycles. The predicted molar refractivity (Wildman–Crippen MR) is 110 cm³/mol. The topological polar surface area (TPSA) is 36.0 Å². The van der Waals surface area contributed by atoms with Gasteiger partial charge in [-0.15, -0.1) is 0 Å². The first-order valence-electron chi connectivity index (χ1n) is 10.9. The van der Waals surface area contributed by atoms with Crippen molar-refractivity contribution in [1.29, 1.82) is 0 Å². The van der Waals surface area contributed by atoms with Crippen molar-refractivity contribution in [2.75, 3.05) is 45.9 Å². The number of fused-ring (bicyclic) bond motifs is 2. The molecule has 1 aliphatic carbocycles. The number of benzene rings is 1. The van der Waals surface area contributed by atoms with E-state index in [0.29, 0.717) is 49.7 Å². The molecule has 8 heteroatoms. The van der Waals surface area contributed by atoms with Crippen LogP contribution in [0.3, 0.4) is 0 Å². The summed E-state index contributed by atoms with van der Waals surface area (Å²) in [5, 5.41) is 0.612. The fraction of sp³-hybridized carbons (Fsp3) is 0.682. The van der Waals surface area contributed by atoms with Crippen molar-refractivity contribution in [1.82, 2.24) is 14.7 Å². The summed E-state index contributed by atoms with van der Waals surface area (Å²) in [5.74, 6) is -2.48. The van der Waals surface area contributed by atoms with Gasteiger partial charge in [0.15, 0.2) is 0 Å². The van der Waals surface area contributed by atoms with Crippen LogP contribution in [0.2, 0.25) is 5.02 Å². The number of rotatable bonds is 2. The number of hydrogen-bond donors (Lipinski definition) is 0. The summed E-state index contributed by atoms with van der Waals surface area (Å²) in [5.41, 5.74) is 0.541. The molecule has 3 saturated heterocycles. The Balaban J connectivity index is 1.31. The molecule has 0 bridgehead atoms. The molecule has 0 unspecified atom stereocenters. The molecule has 1 aromatic rings. The molecule has 5 rings (SSSR count). The van der Waals surface area contributed by atoms with Gasteiger partial charge in [0.05, 0.1) is 24.8 Å². The van der Waals surface area contributed by atoms with Crippen LogP contribution in [-0.4, -0.2) is 90.1 Å². The number of nitrogens with zero attached hydrogens (tertiary/aromatic N) is 3. The van der Waals surface area contributed by atoms with Gasteiger partial charge in [0.25, 0.3) is 5.91 Å². The number of likely N-dealkylation sites (tertiary alicyclic amines) is 1. The molecule has 0 aromatic heterocycles. The minimum absolute atomic E-state index is 0.0114. The summed E-state index contributed by atoms with van der Waals surface area (Å²) in [6.07, 6.45) is 1.09. The van der Waals surface area contributed by atoms with Gasteiger partial charge >= 0.3 is 0 Å². The molecule has 1 amide bonds. The highest BCUT2D eigenvalue weighted by Gasteiger charge is 2.56. The minimum atomic E-state index is -2.50. The molecule has 164 valence electrons. The Hall–Kier alpha value is -1.28. The van der Waals surface area contributed by atoms with Gasteiger partial charge in [-0.3, -0.25) is 14.6 Å². The number of carbonyl (C=O) groups is 1. The number of alkyl halides is 2. The second-order valence-electron chi connectivity index (χ2n) is 9.33. The standard InChI is InChI=1S/C22H28ClF2N3O2/c23-17-3-1-16(2-4-17)20(29)26-11-19-12-30-10-9-28(19)21(13-26)14-27(15-21)18-5-7-22(24,25)8-6-18/h1-4,18-19H,5-15H2/t19-/m1/s1. The normalized spacial score (nSPS) is 29.4. The molecule has 4 aliphatic rings. The lowest BCUT2D eigenvalue weighted by atomic mass is 9.79. The second-order valence-corrected chi connectivity index (χ2v) is 9.77. The Bertz CT molecular complexity index is 790. The van der Waals surface area contributed by atoms with Crippen LogP contribution in [0.15, 0.2) is 24.3 Å². The van der Waals surface area contributed by atoms with Gasteiger partial charge in [-0.25, -0.2) is 8.78 Å². The van der Waals surface area contributed by atoms with Crippen molar-refractivity contribution in [3.8, 4) is 0 Å². The van der Waals surface area contributed by atoms with Crippen LogP contribution in [0.25, 0.3) is 0 Å². The van der Waals surface area contributed by atoms with E-state index >= 15 is 0 Å². The van der Waals surface area contributed by atoms with Crippen LogP contribution in [-0.2, 0) is 4.74 Å². The number of halogens is 3. The molecular weight excluding hydrogens is 412 g/mol. The zero-order chi connectivity index (χ0) is 20.9. The van der Waals surface area contributed by atoms with Gasteiger partial charge in [0.2, 0.25) is 5.92 Å². The molecule has 3 aliphatic heterocycles. The molecule has 1 atom stereocenters. The van der Waals surface area contributed by atoms with Gasteiger partial charge in [0.1, 0.15) is 0 Å². The lowest BCUT2D eigenvalue weighted by Crippen LogP contribution is -2.81. The van der Waals surface area contributed by atoms with E-state index in [1.165, 1.54) is 0 Å². The third kappa shape index (κ3) is 3.74. The maximum Gasteiger partial charge on any atom is 0.253 e. The first kappa shape index (κ1) is 20.6. The minimum Gasteiger partial charge on any atom is -0.378 e. The van der Waals surface area contributed by atoms with Crippen molar-refractivity contribution in [3.05, 3.63) is 34.9 Å². The molecule has 1 aromatic carbocycles. The van der Waals surface area contributed by atoms with Crippen molar-refractivity contribution in [3.63, 3.8) is 0 Å². The highest BCUT2D eigenvalue weighted by atomic mass is 35.5. The molecule has 3 heterocycles. The Kier molecular flexibility index (Phi) is 5.29. The smallest absolute Gasteiger partial charge is 0.253 e. The van der Waals surface area contributed by atoms with E-state index < -0.39 is 5.92 Å². The van der Waals surface area contributed by atoms with E-state index in [-0.39, 0.29) is 36.4 Å². The van der Waals surface area contributed by atoms with Crippen LogP contribution in [0.4, 0.5) is 8.78 Å². The number of carbonyl (C=O) groups excluding carboxylic acids is 1. The Morgan fingerprint density at radius 2 is 1.77 bits per heavy atom. The Labute approximate surface area is 180 Å². The summed E-state index contributed by atoms with van der Waals surface area (Å²) >= 11 is 5.98. The van der Waals surface area contributed by atoms with E-state index in [4.69, 9.17) is 16.3 Å². The van der Waals surface area contributed by atoms with Gasteiger partial charge in [-0.1, -0.05) is 11.6 Å². The van der Waals surface area contributed by atoms with Gasteiger partial charge in [-0.05, 0) is 37.1 Å². The van der Waals surface area contributed by atoms with E-state index in [1.54, 1.807) is 24.3 Å². The molecular formula is C22H28ClF2N3O2. The van der Waals surface area contributed by atoms with Gasteiger partial charge < -0.3 is 9.64 Å². The largest absolute Gasteiger partial charge is 0.378 e. The highest BCUT2D eigenvalue weighted by Crippen LogP contribution is 2.42. The zero-order valence-corrected chi connectivity index (χ0v) is 17.8. The van der Waals surface area contributed by atoms with Crippen molar-refractivity contribution in [2.45, 2.75) is 49.2 Å². The van der Waals surface area contributed by atoms with E-state index in [0.717, 1.165) is 19.6 Å². The Morgan fingerprint density at radius 3 is 2.47 bits per heavy atom. The number of morpholine rings is 1. The van der Waals surface area contributed by atoms with Crippen LogP contribution < -0.4 is 0 Å². The van der Waals surface area contributed by atoms with Crippen LogP contribution in [0.1, 0.15) is 36.0 Å². The molecule has 4 fully saturated rings. The lowest BCUT2D eigenvalue weighted by Gasteiger charge is -2.65. The number of amides is 1. The van der Waals surface area contributed by atoms with Gasteiger partial charge in [-0.2, -0.15) is 0 Å². The zero-order valence-electron chi connectivity index (χ0n) is 17.0. The third-order valence-corrected chi connectivity index (χ3v) is 7.58. The van der Waals surface area contributed by atoms with E-state index in [2.05, 4.69) is 9.80 Å². The second kappa shape index (κ2) is 7.69. The van der Waals surface area contributed by atoms with Gasteiger partial charge in [0, 0.05) is 62.2 Å². The Morgan fingerprint density at radius 1 is 1.07 bits per heavy atom. The van der Waals surface area contributed by atoms with Crippen LogP contribution in [0.5, 0.6) is 0 Å². The molecule has 0 N–H and O–H groups in total. The number of piperazine rings is 1.